The summed E-state index contributed by atoms with van der Waals surface area (Å²) in [5.41, 5.74) is 1.53. The highest BCUT2D eigenvalue weighted by atomic mass is 79.9. The van der Waals surface area contributed by atoms with Crippen molar-refractivity contribution in [3.8, 4) is 17.9 Å². The Balaban J connectivity index is 2.81. The van der Waals surface area contributed by atoms with Crippen LogP contribution in [0.4, 0.5) is 5.69 Å². The third kappa shape index (κ3) is 3.12. The molecule has 0 fully saturated rings. The van der Waals surface area contributed by atoms with Crippen LogP contribution < -0.4 is 5.32 Å². The second-order valence-corrected chi connectivity index (χ2v) is 3.54. The molecule has 0 radical (unpaired) electrons. The van der Waals surface area contributed by atoms with Gasteiger partial charge in [0, 0.05) is 10.2 Å². The van der Waals surface area contributed by atoms with Crippen LogP contribution >= 0.6 is 15.9 Å². The van der Waals surface area contributed by atoms with Gasteiger partial charge in [-0.1, -0.05) is 21.9 Å². The Morgan fingerprint density at radius 1 is 1.43 bits per heavy atom. The summed E-state index contributed by atoms with van der Waals surface area (Å²) in [5, 5.41) is 11.8. The van der Waals surface area contributed by atoms with Gasteiger partial charge in [0.05, 0.1) is 18.2 Å². The minimum Gasteiger partial charge on any atom is -0.374 e. The van der Waals surface area contributed by atoms with Gasteiger partial charge in [-0.2, -0.15) is 5.26 Å². The predicted molar refractivity (Wildman–Crippen MR) is 60.8 cm³/mol. The van der Waals surface area contributed by atoms with Crippen LogP contribution in [0.5, 0.6) is 0 Å². The lowest BCUT2D eigenvalue weighted by Crippen LogP contribution is -1.98. The normalized spacial score (nSPS) is 8.36. The first-order valence-corrected chi connectivity index (χ1v) is 4.89. The third-order valence-electron chi connectivity index (χ3n) is 1.58. The molecule has 0 amide bonds. The van der Waals surface area contributed by atoms with Crippen LogP contribution in [-0.4, -0.2) is 6.54 Å². The minimum absolute atomic E-state index is 0.595. The van der Waals surface area contributed by atoms with Crippen LogP contribution in [0.25, 0.3) is 0 Å². The van der Waals surface area contributed by atoms with Crippen LogP contribution in [0.1, 0.15) is 12.5 Å². The Bertz CT molecular complexity index is 421. The lowest BCUT2D eigenvalue weighted by atomic mass is 10.2. The van der Waals surface area contributed by atoms with Gasteiger partial charge in [0.2, 0.25) is 0 Å². The average molecular weight is 249 g/mol. The molecule has 1 N–H and O–H groups in total. The van der Waals surface area contributed by atoms with Gasteiger partial charge in [-0.25, -0.2) is 0 Å². The number of halogens is 1. The Labute approximate surface area is 92.1 Å². The molecule has 3 heteroatoms. The molecule has 0 heterocycles. The molecule has 0 aliphatic rings. The molecule has 0 saturated carbocycles. The van der Waals surface area contributed by atoms with Crippen LogP contribution in [0.15, 0.2) is 22.7 Å². The molecule has 1 aromatic carbocycles. The summed E-state index contributed by atoms with van der Waals surface area (Å²) < 4.78 is 0.892. The molecule has 14 heavy (non-hydrogen) atoms. The second-order valence-electron chi connectivity index (χ2n) is 2.62. The number of hydrogen-bond acceptors (Lipinski definition) is 2. The number of anilines is 1. The van der Waals surface area contributed by atoms with Crippen molar-refractivity contribution in [2.45, 2.75) is 6.92 Å². The first-order valence-electron chi connectivity index (χ1n) is 4.10. The summed E-state index contributed by atoms with van der Waals surface area (Å²) in [6, 6.07) is 7.58. The monoisotopic (exact) mass is 248 g/mol. The zero-order valence-electron chi connectivity index (χ0n) is 7.76. The van der Waals surface area contributed by atoms with E-state index in [1.165, 1.54) is 0 Å². The zero-order valence-corrected chi connectivity index (χ0v) is 9.35. The lowest BCUT2D eigenvalue weighted by molar-refractivity contribution is 1.36. The van der Waals surface area contributed by atoms with Gasteiger partial charge in [0.25, 0.3) is 0 Å². The average Bonchev–Trinajstić information content (AvgIpc) is 2.17. The fraction of sp³-hybridized carbons (Fsp3) is 0.182. The van der Waals surface area contributed by atoms with E-state index in [1.807, 2.05) is 6.07 Å². The summed E-state index contributed by atoms with van der Waals surface area (Å²) in [6.45, 7) is 2.39. The van der Waals surface area contributed by atoms with E-state index in [0.717, 1.165) is 10.2 Å². The Kier molecular flexibility index (Phi) is 4.04. The first-order chi connectivity index (χ1) is 6.76. The van der Waals surface area contributed by atoms with Gasteiger partial charge in [0.15, 0.2) is 0 Å². The number of benzene rings is 1. The van der Waals surface area contributed by atoms with Gasteiger partial charge in [-0.3, -0.25) is 0 Å². The van der Waals surface area contributed by atoms with Crippen LogP contribution in [0.3, 0.4) is 0 Å². The van der Waals surface area contributed by atoms with E-state index in [2.05, 4.69) is 39.2 Å². The summed E-state index contributed by atoms with van der Waals surface area (Å²) in [4.78, 5) is 0. The molecule has 70 valence electrons. The van der Waals surface area contributed by atoms with Crippen molar-refractivity contribution in [3.63, 3.8) is 0 Å². The Morgan fingerprint density at radius 3 is 2.86 bits per heavy atom. The van der Waals surface area contributed by atoms with Crippen molar-refractivity contribution in [2.75, 3.05) is 11.9 Å². The highest BCUT2D eigenvalue weighted by molar-refractivity contribution is 9.10. The molecule has 1 aromatic rings. The number of hydrogen-bond donors (Lipinski definition) is 1. The third-order valence-corrected chi connectivity index (χ3v) is 2.04. The van der Waals surface area contributed by atoms with E-state index in [0.29, 0.717) is 12.1 Å². The highest BCUT2D eigenvalue weighted by Gasteiger charge is 1.97. The summed E-state index contributed by atoms with van der Waals surface area (Å²) in [7, 11) is 0. The molecule has 0 saturated heterocycles. The van der Waals surface area contributed by atoms with E-state index in [1.54, 1.807) is 19.1 Å². The maximum absolute atomic E-state index is 8.73. The van der Waals surface area contributed by atoms with E-state index in [-0.39, 0.29) is 0 Å². The molecule has 2 nitrogen and oxygen atoms in total. The van der Waals surface area contributed by atoms with Crippen molar-refractivity contribution in [2.24, 2.45) is 0 Å². The van der Waals surface area contributed by atoms with Gasteiger partial charge < -0.3 is 5.32 Å². The van der Waals surface area contributed by atoms with Gasteiger partial charge in [0.1, 0.15) is 0 Å². The maximum Gasteiger partial charge on any atom is 0.0992 e. The van der Waals surface area contributed by atoms with E-state index < -0.39 is 0 Å². The van der Waals surface area contributed by atoms with Crippen molar-refractivity contribution in [3.05, 3.63) is 28.2 Å². The van der Waals surface area contributed by atoms with Gasteiger partial charge >= 0.3 is 0 Å². The fourth-order valence-electron chi connectivity index (χ4n) is 0.991. The predicted octanol–water partition coefficient (Wildman–Crippen LogP) is 2.76. The second kappa shape index (κ2) is 5.32. The zero-order chi connectivity index (χ0) is 10.4. The molecule has 0 aliphatic heterocycles. The fourth-order valence-corrected chi connectivity index (χ4v) is 1.48. The molecule has 0 bridgehead atoms. The molecule has 0 spiro atoms. The molecule has 0 aromatic heterocycles. The van der Waals surface area contributed by atoms with Gasteiger partial charge in [-0.05, 0) is 25.1 Å². The van der Waals surface area contributed by atoms with Crippen molar-refractivity contribution in [1.82, 2.24) is 0 Å². The number of nitrogens with one attached hydrogen (secondary N) is 1. The highest BCUT2D eigenvalue weighted by Crippen LogP contribution is 2.18. The standard InChI is InChI=1S/C11H9BrN2/c1-2-3-4-14-11-6-9(8-13)5-10(12)7-11/h5-7,14H,4H2,1H3. The number of rotatable bonds is 2. The minimum atomic E-state index is 0.595. The lowest BCUT2D eigenvalue weighted by Gasteiger charge is -2.03. The van der Waals surface area contributed by atoms with Crippen molar-refractivity contribution in [1.29, 1.82) is 5.26 Å². The SMILES string of the molecule is CC#CCNc1cc(Br)cc(C#N)c1. The smallest absolute Gasteiger partial charge is 0.0992 e. The summed E-state index contributed by atoms with van der Waals surface area (Å²) >= 11 is 3.34. The molecule has 0 atom stereocenters. The van der Waals surface area contributed by atoms with Crippen LogP contribution in [-0.2, 0) is 0 Å². The maximum atomic E-state index is 8.73. The molecule has 1 rings (SSSR count). The Morgan fingerprint density at radius 2 is 2.21 bits per heavy atom. The largest absolute Gasteiger partial charge is 0.374 e. The van der Waals surface area contributed by atoms with Crippen LogP contribution in [0, 0.1) is 23.2 Å². The molecule has 0 aliphatic carbocycles. The van der Waals surface area contributed by atoms with Gasteiger partial charge in [-0.15, -0.1) is 5.92 Å². The van der Waals surface area contributed by atoms with E-state index >= 15 is 0 Å². The van der Waals surface area contributed by atoms with Crippen molar-refractivity contribution < 1.29 is 0 Å². The number of nitriles is 1. The summed E-state index contributed by atoms with van der Waals surface area (Å²) in [5.74, 6) is 5.69. The van der Waals surface area contributed by atoms with Crippen molar-refractivity contribution >= 4 is 21.6 Å². The molecular weight excluding hydrogens is 240 g/mol. The molecular formula is C11H9BrN2. The van der Waals surface area contributed by atoms with E-state index in [9.17, 15) is 0 Å². The summed E-state index contributed by atoms with van der Waals surface area (Å²) in [6.07, 6.45) is 0. The molecule has 0 unspecified atom stereocenters. The topological polar surface area (TPSA) is 35.8 Å². The van der Waals surface area contributed by atoms with E-state index in [4.69, 9.17) is 5.26 Å². The number of nitrogens with zero attached hydrogens (tertiary/aromatic N) is 1. The Hall–Kier alpha value is -1.45. The first kappa shape index (κ1) is 10.6. The quantitative estimate of drug-likeness (QED) is 0.818. The van der Waals surface area contributed by atoms with Crippen LogP contribution in [0.2, 0.25) is 0 Å².